The second kappa shape index (κ2) is 5.84. The summed E-state index contributed by atoms with van der Waals surface area (Å²) in [5.74, 6) is -0.384. The first-order chi connectivity index (χ1) is 9.10. The molecule has 1 aromatic heterocycles. The van der Waals surface area contributed by atoms with E-state index < -0.39 is 0 Å². The maximum absolute atomic E-state index is 11.7. The maximum atomic E-state index is 11.7. The lowest BCUT2D eigenvalue weighted by Crippen LogP contribution is -2.12. The van der Waals surface area contributed by atoms with Gasteiger partial charge in [0.25, 0.3) is 5.56 Å². The zero-order valence-electron chi connectivity index (χ0n) is 10.3. The molecule has 98 valence electrons. The number of methoxy groups -OCH3 is 1. The fraction of sp³-hybridized carbons (Fsp3) is 0.143. The molecule has 1 heterocycles. The quantitative estimate of drug-likeness (QED) is 0.884. The van der Waals surface area contributed by atoms with Crippen molar-refractivity contribution in [2.24, 2.45) is 0 Å². The van der Waals surface area contributed by atoms with Crippen molar-refractivity contribution in [1.29, 1.82) is 0 Å². The second-order valence-corrected chi connectivity index (χ2v) is 4.96. The Bertz CT molecular complexity index is 664. The average molecular weight is 322 g/mol. The number of benzene rings is 1. The van der Waals surface area contributed by atoms with Gasteiger partial charge in [0.1, 0.15) is 0 Å². The van der Waals surface area contributed by atoms with Crippen molar-refractivity contribution in [2.75, 3.05) is 7.11 Å². The minimum Gasteiger partial charge on any atom is -0.465 e. The number of aromatic amines is 1. The highest BCUT2D eigenvalue weighted by Crippen LogP contribution is 2.13. The Morgan fingerprint density at radius 1 is 1.37 bits per heavy atom. The fourth-order valence-corrected chi connectivity index (χ4v) is 2.17. The summed E-state index contributed by atoms with van der Waals surface area (Å²) in [5, 5.41) is 0. The van der Waals surface area contributed by atoms with Crippen LogP contribution in [0.4, 0.5) is 0 Å². The SMILES string of the molecule is COC(=O)c1cccc(Cc2cc(Br)c[nH]c2=O)c1. The van der Waals surface area contributed by atoms with Gasteiger partial charge >= 0.3 is 5.97 Å². The van der Waals surface area contributed by atoms with Crippen molar-refractivity contribution in [1.82, 2.24) is 4.98 Å². The minimum atomic E-state index is -0.384. The Labute approximate surface area is 118 Å². The molecule has 0 aliphatic rings. The number of ether oxygens (including phenoxy) is 1. The summed E-state index contributed by atoms with van der Waals surface area (Å²) in [5.41, 5.74) is 1.86. The van der Waals surface area contributed by atoms with Gasteiger partial charge in [-0.3, -0.25) is 4.79 Å². The average Bonchev–Trinajstić information content (AvgIpc) is 2.42. The molecule has 0 fully saturated rings. The van der Waals surface area contributed by atoms with Crippen LogP contribution in [0.5, 0.6) is 0 Å². The van der Waals surface area contributed by atoms with E-state index in [0.717, 1.165) is 10.0 Å². The number of hydrogen-bond donors (Lipinski definition) is 1. The molecular formula is C14H12BrNO3. The van der Waals surface area contributed by atoms with Crippen molar-refractivity contribution < 1.29 is 9.53 Å². The summed E-state index contributed by atoms with van der Waals surface area (Å²) in [4.78, 5) is 25.8. The van der Waals surface area contributed by atoms with Crippen LogP contribution in [0.25, 0.3) is 0 Å². The molecular weight excluding hydrogens is 310 g/mol. The maximum Gasteiger partial charge on any atom is 0.337 e. The van der Waals surface area contributed by atoms with Gasteiger partial charge in [0.05, 0.1) is 12.7 Å². The third-order valence-corrected chi connectivity index (χ3v) is 3.15. The number of pyridine rings is 1. The van der Waals surface area contributed by atoms with Crippen molar-refractivity contribution in [3.63, 3.8) is 0 Å². The van der Waals surface area contributed by atoms with E-state index in [2.05, 4.69) is 25.7 Å². The summed E-state index contributed by atoms with van der Waals surface area (Å²) in [7, 11) is 1.34. The number of hydrogen-bond acceptors (Lipinski definition) is 3. The van der Waals surface area contributed by atoms with Crippen molar-refractivity contribution in [3.05, 3.63) is 68.0 Å². The van der Waals surface area contributed by atoms with Gasteiger partial charge in [-0.15, -0.1) is 0 Å². The van der Waals surface area contributed by atoms with Crippen LogP contribution >= 0.6 is 15.9 Å². The van der Waals surface area contributed by atoms with Gasteiger partial charge in [0.2, 0.25) is 0 Å². The first-order valence-electron chi connectivity index (χ1n) is 5.64. The highest BCUT2D eigenvalue weighted by atomic mass is 79.9. The molecule has 0 aliphatic heterocycles. The molecule has 19 heavy (non-hydrogen) atoms. The van der Waals surface area contributed by atoms with Crippen LogP contribution in [0.15, 0.2) is 45.8 Å². The number of aromatic nitrogens is 1. The van der Waals surface area contributed by atoms with Gasteiger partial charge < -0.3 is 9.72 Å². The lowest BCUT2D eigenvalue weighted by Gasteiger charge is -2.04. The predicted octanol–water partition coefficient (Wildman–Crippen LogP) is 2.51. The molecule has 2 aromatic rings. The van der Waals surface area contributed by atoms with E-state index in [1.165, 1.54) is 7.11 Å². The van der Waals surface area contributed by atoms with Crippen LogP contribution in [0.3, 0.4) is 0 Å². The number of rotatable bonds is 3. The molecule has 2 rings (SSSR count). The largest absolute Gasteiger partial charge is 0.465 e. The minimum absolute atomic E-state index is 0.133. The van der Waals surface area contributed by atoms with Crippen LogP contribution in [0.2, 0.25) is 0 Å². The smallest absolute Gasteiger partial charge is 0.337 e. The number of carbonyl (C=O) groups excluding carboxylic acids is 1. The number of halogens is 1. The third-order valence-electron chi connectivity index (χ3n) is 2.69. The fourth-order valence-electron chi connectivity index (χ4n) is 1.78. The summed E-state index contributed by atoms with van der Waals surface area (Å²) in [6.45, 7) is 0. The Morgan fingerprint density at radius 3 is 2.89 bits per heavy atom. The first-order valence-corrected chi connectivity index (χ1v) is 6.44. The molecule has 5 heteroatoms. The molecule has 0 amide bonds. The summed E-state index contributed by atoms with van der Waals surface area (Å²) in [6, 6.07) is 8.82. The molecule has 0 radical (unpaired) electrons. The van der Waals surface area contributed by atoms with E-state index in [1.807, 2.05) is 6.07 Å². The highest BCUT2D eigenvalue weighted by Gasteiger charge is 2.07. The molecule has 1 N–H and O–H groups in total. The highest BCUT2D eigenvalue weighted by molar-refractivity contribution is 9.10. The molecule has 0 spiro atoms. The zero-order chi connectivity index (χ0) is 13.8. The van der Waals surface area contributed by atoms with E-state index in [1.54, 1.807) is 30.5 Å². The molecule has 0 saturated carbocycles. The van der Waals surface area contributed by atoms with E-state index in [9.17, 15) is 9.59 Å². The number of esters is 1. The van der Waals surface area contributed by atoms with Gasteiger partial charge in [0.15, 0.2) is 0 Å². The van der Waals surface area contributed by atoms with Gasteiger partial charge in [-0.25, -0.2) is 4.79 Å². The molecule has 4 nitrogen and oxygen atoms in total. The van der Waals surface area contributed by atoms with Crippen LogP contribution in [0, 0.1) is 0 Å². The monoisotopic (exact) mass is 321 g/mol. The Hall–Kier alpha value is -1.88. The van der Waals surface area contributed by atoms with E-state index in [0.29, 0.717) is 17.5 Å². The third kappa shape index (κ3) is 3.32. The summed E-state index contributed by atoms with van der Waals surface area (Å²) in [6.07, 6.45) is 2.05. The zero-order valence-corrected chi connectivity index (χ0v) is 11.9. The number of carbonyl (C=O) groups is 1. The van der Waals surface area contributed by atoms with Gasteiger partial charge in [-0.05, 0) is 39.7 Å². The van der Waals surface area contributed by atoms with Crippen LogP contribution in [-0.4, -0.2) is 18.1 Å². The summed E-state index contributed by atoms with van der Waals surface area (Å²) >= 11 is 3.31. The second-order valence-electron chi connectivity index (χ2n) is 4.04. The molecule has 0 atom stereocenters. The lowest BCUT2D eigenvalue weighted by atomic mass is 10.0. The first kappa shape index (κ1) is 13.5. The van der Waals surface area contributed by atoms with Gasteiger partial charge in [0, 0.05) is 22.7 Å². The number of nitrogens with one attached hydrogen (secondary N) is 1. The van der Waals surface area contributed by atoms with Crippen molar-refractivity contribution in [3.8, 4) is 0 Å². The Kier molecular flexibility index (Phi) is 4.16. The Morgan fingerprint density at radius 2 is 2.16 bits per heavy atom. The van der Waals surface area contributed by atoms with Crippen LogP contribution in [0.1, 0.15) is 21.5 Å². The van der Waals surface area contributed by atoms with E-state index in [-0.39, 0.29) is 11.5 Å². The van der Waals surface area contributed by atoms with Crippen LogP contribution in [-0.2, 0) is 11.2 Å². The lowest BCUT2D eigenvalue weighted by molar-refractivity contribution is 0.0600. The predicted molar refractivity (Wildman–Crippen MR) is 75.4 cm³/mol. The molecule has 0 bridgehead atoms. The Balaban J connectivity index is 2.31. The molecule has 0 aliphatic carbocycles. The number of H-pyrrole nitrogens is 1. The topological polar surface area (TPSA) is 59.2 Å². The van der Waals surface area contributed by atoms with Gasteiger partial charge in [-0.1, -0.05) is 12.1 Å². The molecule has 0 saturated heterocycles. The van der Waals surface area contributed by atoms with E-state index >= 15 is 0 Å². The summed E-state index contributed by atoms with van der Waals surface area (Å²) < 4.78 is 5.48. The van der Waals surface area contributed by atoms with Crippen molar-refractivity contribution in [2.45, 2.75) is 6.42 Å². The van der Waals surface area contributed by atoms with Crippen LogP contribution < -0.4 is 5.56 Å². The standard InChI is InChI=1S/C14H12BrNO3/c1-19-14(18)10-4-2-3-9(5-10)6-11-7-12(15)8-16-13(11)17/h2-5,7-8H,6H2,1H3,(H,16,17). The van der Waals surface area contributed by atoms with Gasteiger partial charge in [-0.2, -0.15) is 0 Å². The van der Waals surface area contributed by atoms with E-state index in [4.69, 9.17) is 0 Å². The molecule has 1 aromatic carbocycles. The van der Waals surface area contributed by atoms with Crippen molar-refractivity contribution >= 4 is 21.9 Å². The molecule has 0 unspecified atom stereocenters. The normalized spacial score (nSPS) is 10.2.